The molecule has 1 saturated carbocycles. The van der Waals surface area contributed by atoms with Gasteiger partial charge >= 0.3 is 0 Å². The Hall–Kier alpha value is -4.67. The Labute approximate surface area is 222 Å². The van der Waals surface area contributed by atoms with Gasteiger partial charge in [0.25, 0.3) is 5.91 Å². The van der Waals surface area contributed by atoms with E-state index in [9.17, 15) is 9.59 Å². The zero-order valence-electron chi connectivity index (χ0n) is 20.3. The summed E-state index contributed by atoms with van der Waals surface area (Å²) in [7, 11) is 0. The predicted octanol–water partition coefficient (Wildman–Crippen LogP) is 6.48. The van der Waals surface area contributed by atoms with Crippen LogP contribution in [0, 0.1) is 18.1 Å². The molecule has 0 atom stereocenters. The fourth-order valence-electron chi connectivity index (χ4n) is 4.79. The molecule has 3 N–H and O–H groups in total. The van der Waals surface area contributed by atoms with Crippen molar-refractivity contribution in [3.63, 3.8) is 0 Å². The van der Waals surface area contributed by atoms with Crippen molar-refractivity contribution in [2.45, 2.75) is 19.4 Å². The number of hydrogen-bond donors (Lipinski definition) is 3. The number of rotatable bonds is 6. The highest BCUT2D eigenvalue weighted by atomic mass is 32.1. The lowest BCUT2D eigenvalue weighted by Crippen LogP contribution is -2.22. The maximum Gasteiger partial charge on any atom is 0.253 e. The maximum atomic E-state index is 13.2. The molecule has 184 valence electrons. The average molecular weight is 515 g/mol. The lowest BCUT2D eigenvalue weighted by Gasteiger charge is -2.08. The predicted molar refractivity (Wildman–Crippen MR) is 151 cm³/mol. The Balaban J connectivity index is 1.14. The van der Waals surface area contributed by atoms with Crippen LogP contribution in [0.2, 0.25) is 0 Å². The highest BCUT2D eigenvalue weighted by Gasteiger charge is 2.30. The van der Waals surface area contributed by atoms with Gasteiger partial charge in [-0.3, -0.25) is 9.59 Å². The van der Waals surface area contributed by atoms with Crippen LogP contribution in [0.3, 0.4) is 0 Å². The first-order valence-electron chi connectivity index (χ1n) is 12.5. The Bertz CT molecular complexity index is 1860. The van der Waals surface area contributed by atoms with E-state index in [0.29, 0.717) is 17.2 Å². The van der Waals surface area contributed by atoms with E-state index in [-0.39, 0.29) is 17.7 Å². The Morgan fingerprint density at radius 1 is 1.03 bits per heavy atom. The number of nitrogens with zero attached hydrogens (tertiary/aromatic N) is 1. The van der Waals surface area contributed by atoms with Crippen molar-refractivity contribution in [1.82, 2.24) is 15.3 Å². The van der Waals surface area contributed by atoms with Crippen molar-refractivity contribution in [2.24, 2.45) is 5.92 Å². The van der Waals surface area contributed by atoms with Crippen LogP contribution < -0.4 is 10.6 Å². The molecular weight excluding hydrogens is 492 g/mol. The van der Waals surface area contributed by atoms with Crippen LogP contribution in [0.1, 0.15) is 28.8 Å². The van der Waals surface area contributed by atoms with Crippen molar-refractivity contribution >= 4 is 60.2 Å². The van der Waals surface area contributed by atoms with E-state index in [0.717, 1.165) is 61.4 Å². The van der Waals surface area contributed by atoms with Crippen molar-refractivity contribution in [1.29, 1.82) is 0 Å². The summed E-state index contributed by atoms with van der Waals surface area (Å²) in [6, 6.07) is 28.1. The van der Waals surface area contributed by atoms with Crippen LogP contribution >= 0.6 is 11.3 Å². The van der Waals surface area contributed by atoms with E-state index in [1.807, 2.05) is 60.7 Å². The minimum Gasteiger partial charge on any atom is -0.360 e. The van der Waals surface area contributed by atoms with E-state index in [1.54, 1.807) is 6.20 Å². The third-order valence-corrected chi connectivity index (χ3v) is 7.94. The Kier molecular flexibility index (Phi) is 5.34. The van der Waals surface area contributed by atoms with Gasteiger partial charge in [-0.1, -0.05) is 47.7 Å². The summed E-state index contributed by atoms with van der Waals surface area (Å²) in [6.07, 6.45) is 3.68. The first-order chi connectivity index (χ1) is 18.6. The minimum atomic E-state index is -0.133. The third kappa shape index (κ3) is 4.15. The van der Waals surface area contributed by atoms with Crippen molar-refractivity contribution in [3.05, 3.63) is 96.2 Å². The van der Waals surface area contributed by atoms with Gasteiger partial charge in [0, 0.05) is 34.9 Å². The minimum absolute atomic E-state index is 0.0604. The molecule has 1 aliphatic rings. The van der Waals surface area contributed by atoms with Crippen LogP contribution in [0.15, 0.2) is 72.9 Å². The number of aromatic amines is 1. The second-order valence-corrected chi connectivity index (χ2v) is 10.6. The highest BCUT2D eigenvalue weighted by molar-refractivity contribution is 7.22. The standard InChI is InChI=1S/C31H22N4O2S/c36-29(19-8-9-19)35-31-34-27-13-11-21(15-28(27)38-31)20-10-12-26-24(14-20)25(17-32-26)30(37)33-16-22-6-3-5-18-4-1-2-7-23(18)22/h2-3,5-7,10-15,17,19,32H,8-9,16H2,(H,33,37)(H,34,35,36). The smallest absolute Gasteiger partial charge is 0.253 e. The maximum absolute atomic E-state index is 13.2. The molecule has 2 aromatic heterocycles. The number of H-pyrrole nitrogens is 1. The summed E-state index contributed by atoms with van der Waals surface area (Å²) in [5.74, 6) is 0.0670. The van der Waals surface area contributed by atoms with Gasteiger partial charge in [0.15, 0.2) is 5.13 Å². The Morgan fingerprint density at radius 2 is 1.89 bits per heavy atom. The SMILES string of the molecule is O=C(NCc1cccc2c#cccc12)c1c[nH]c2ccc(-c3ccc4nc(NC(=O)C5CC5)sc4c3)cc12. The van der Waals surface area contributed by atoms with Gasteiger partial charge in [0.2, 0.25) is 5.91 Å². The molecule has 0 saturated heterocycles. The topological polar surface area (TPSA) is 86.9 Å². The number of amides is 2. The van der Waals surface area contributed by atoms with E-state index in [2.05, 4.69) is 38.8 Å². The molecule has 0 aliphatic heterocycles. The second-order valence-electron chi connectivity index (χ2n) is 9.59. The first kappa shape index (κ1) is 22.5. The highest BCUT2D eigenvalue weighted by Crippen LogP contribution is 2.34. The number of benzene rings is 3. The molecule has 38 heavy (non-hydrogen) atoms. The number of nitrogens with one attached hydrogen (secondary N) is 3. The zero-order chi connectivity index (χ0) is 25.6. The lowest BCUT2D eigenvalue weighted by atomic mass is 10.0. The van der Waals surface area contributed by atoms with Crippen LogP contribution in [0.4, 0.5) is 5.13 Å². The fourth-order valence-corrected chi connectivity index (χ4v) is 5.69. The van der Waals surface area contributed by atoms with Gasteiger partial charge in [-0.25, -0.2) is 4.98 Å². The number of thiazole rings is 1. The average Bonchev–Trinajstić information content (AvgIpc) is 3.60. The molecule has 2 amide bonds. The molecule has 0 unspecified atom stereocenters. The summed E-state index contributed by atoms with van der Waals surface area (Å²) < 4.78 is 1.01. The number of carbonyl (C=O) groups excluding carboxylic acids is 2. The lowest BCUT2D eigenvalue weighted by molar-refractivity contribution is -0.117. The molecule has 1 fully saturated rings. The van der Waals surface area contributed by atoms with Gasteiger partial charge in [0.05, 0.1) is 15.8 Å². The molecule has 6 aromatic rings. The summed E-state index contributed by atoms with van der Waals surface area (Å²) in [4.78, 5) is 33.1. The van der Waals surface area contributed by atoms with Gasteiger partial charge in [-0.2, -0.15) is 0 Å². The number of fused-ring (bicyclic) bond motifs is 3. The van der Waals surface area contributed by atoms with Gasteiger partial charge in [-0.15, -0.1) is 0 Å². The van der Waals surface area contributed by atoms with Crippen LogP contribution in [0.5, 0.6) is 0 Å². The summed E-state index contributed by atoms with van der Waals surface area (Å²) in [5, 5.41) is 9.55. The molecule has 4 aromatic carbocycles. The molecule has 6 nitrogen and oxygen atoms in total. The summed E-state index contributed by atoms with van der Waals surface area (Å²) in [5.41, 5.74) is 5.43. The molecular formula is C31H22N4O2S. The summed E-state index contributed by atoms with van der Waals surface area (Å²) >= 11 is 1.48. The number of aromatic nitrogens is 2. The van der Waals surface area contributed by atoms with Gasteiger partial charge in [-0.05, 0) is 77.4 Å². The molecule has 7 heteroatoms. The normalized spacial score (nSPS) is 13.1. The zero-order valence-corrected chi connectivity index (χ0v) is 21.1. The fraction of sp³-hybridized carbons (Fsp3) is 0.129. The van der Waals surface area contributed by atoms with Crippen LogP contribution in [0.25, 0.3) is 43.0 Å². The monoisotopic (exact) mass is 514 g/mol. The molecule has 0 bridgehead atoms. The third-order valence-electron chi connectivity index (χ3n) is 7.00. The van der Waals surface area contributed by atoms with Crippen molar-refractivity contribution in [2.75, 3.05) is 5.32 Å². The second kappa shape index (κ2) is 9.02. The quantitative estimate of drug-likeness (QED) is 0.238. The molecule has 2 heterocycles. The molecule has 0 spiro atoms. The van der Waals surface area contributed by atoms with Crippen LogP contribution in [-0.2, 0) is 11.3 Å². The largest absolute Gasteiger partial charge is 0.360 e. The molecule has 7 rings (SSSR count). The molecule has 0 radical (unpaired) electrons. The van der Waals surface area contributed by atoms with Gasteiger partial charge in [0.1, 0.15) is 0 Å². The van der Waals surface area contributed by atoms with Gasteiger partial charge < -0.3 is 15.6 Å². The number of carbonyl (C=O) groups is 2. The van der Waals surface area contributed by atoms with E-state index < -0.39 is 0 Å². The number of hydrogen-bond acceptors (Lipinski definition) is 4. The Morgan fingerprint density at radius 3 is 2.79 bits per heavy atom. The van der Waals surface area contributed by atoms with E-state index in [1.165, 1.54) is 11.3 Å². The first-order valence-corrected chi connectivity index (χ1v) is 13.4. The summed E-state index contributed by atoms with van der Waals surface area (Å²) in [6.45, 7) is 0.419. The van der Waals surface area contributed by atoms with Crippen molar-refractivity contribution in [3.8, 4) is 11.1 Å². The van der Waals surface area contributed by atoms with E-state index in [4.69, 9.17) is 0 Å². The van der Waals surface area contributed by atoms with E-state index >= 15 is 0 Å². The van der Waals surface area contributed by atoms with Crippen LogP contribution in [-0.4, -0.2) is 21.8 Å². The van der Waals surface area contributed by atoms with Crippen molar-refractivity contribution < 1.29 is 9.59 Å². The number of anilines is 1. The molecule has 1 aliphatic carbocycles.